The second-order valence-electron chi connectivity index (χ2n) is 7.89. The number of benzene rings is 1. The summed E-state index contributed by atoms with van der Waals surface area (Å²) in [5.41, 5.74) is 2.76. The summed E-state index contributed by atoms with van der Waals surface area (Å²) in [6, 6.07) is 7.12. The Morgan fingerprint density at radius 1 is 1.19 bits per heavy atom. The number of hydrogen-bond acceptors (Lipinski definition) is 4. The number of rotatable bonds is 5. The lowest BCUT2D eigenvalue weighted by molar-refractivity contribution is -0.132. The molecule has 0 N–H and O–H groups in total. The number of fused-ring (bicyclic) bond motifs is 1. The molecule has 1 aromatic heterocycles. The molecule has 6 heteroatoms. The van der Waals surface area contributed by atoms with Gasteiger partial charge >= 0.3 is 0 Å². The lowest BCUT2D eigenvalue weighted by atomic mass is 10.0. The van der Waals surface area contributed by atoms with Crippen LogP contribution < -0.4 is 4.74 Å². The molecule has 0 saturated heterocycles. The maximum absolute atomic E-state index is 12.6. The molecule has 3 rings (SSSR count). The second kappa shape index (κ2) is 7.55. The summed E-state index contributed by atoms with van der Waals surface area (Å²) >= 11 is 0. The van der Waals surface area contributed by atoms with E-state index in [0.717, 1.165) is 12.0 Å². The number of nitrogens with zero attached hydrogens (tertiary/aromatic N) is 3. The molecule has 27 heavy (non-hydrogen) atoms. The first-order valence-electron chi connectivity index (χ1n) is 9.31. The Balaban J connectivity index is 1.61. The molecule has 1 amide bonds. The number of aromatic nitrogens is 2. The quantitative estimate of drug-likeness (QED) is 0.759. The van der Waals surface area contributed by atoms with Crippen molar-refractivity contribution in [1.82, 2.24) is 14.7 Å². The van der Waals surface area contributed by atoms with E-state index in [1.807, 2.05) is 17.2 Å². The molecule has 0 atom stereocenters. The Labute approximate surface area is 160 Å². The monoisotopic (exact) mass is 369 g/mol. The molecule has 0 fully saturated rings. The fraction of sp³-hybridized carbons (Fsp3) is 0.476. The minimum absolute atomic E-state index is 0.00686. The third-order valence-electron chi connectivity index (χ3n) is 4.90. The van der Waals surface area contributed by atoms with Gasteiger partial charge in [-0.05, 0) is 32.9 Å². The van der Waals surface area contributed by atoms with Crippen LogP contribution >= 0.6 is 0 Å². The van der Waals surface area contributed by atoms with Gasteiger partial charge in [0.05, 0.1) is 24.4 Å². The van der Waals surface area contributed by atoms with Crippen LogP contribution in [0.3, 0.4) is 0 Å². The van der Waals surface area contributed by atoms with Gasteiger partial charge in [-0.25, -0.2) is 0 Å². The van der Waals surface area contributed by atoms with Crippen molar-refractivity contribution in [2.45, 2.75) is 52.1 Å². The average molecular weight is 369 g/mol. The number of para-hydroxylation sites is 1. The zero-order valence-electron chi connectivity index (χ0n) is 16.5. The van der Waals surface area contributed by atoms with Crippen molar-refractivity contribution in [3.05, 3.63) is 47.3 Å². The maximum atomic E-state index is 12.6. The van der Waals surface area contributed by atoms with Gasteiger partial charge in [-0.1, -0.05) is 12.1 Å². The Kier molecular flexibility index (Phi) is 5.35. The first kappa shape index (κ1) is 19.1. The predicted molar refractivity (Wildman–Crippen MR) is 103 cm³/mol. The van der Waals surface area contributed by atoms with Crippen molar-refractivity contribution in [3.63, 3.8) is 0 Å². The third kappa shape index (κ3) is 4.04. The average Bonchev–Trinajstić information content (AvgIpc) is 3.09. The van der Waals surface area contributed by atoms with Crippen LogP contribution in [-0.2, 0) is 23.3 Å². The normalized spacial score (nSPS) is 14.0. The van der Waals surface area contributed by atoms with Crippen molar-refractivity contribution in [2.75, 3.05) is 13.7 Å². The SMILES string of the molecule is COc1ccccc1C(=O)CCC(=O)N1CCc2c(cnn2C(C)(C)C)C1. The van der Waals surface area contributed by atoms with E-state index in [0.29, 0.717) is 24.4 Å². The van der Waals surface area contributed by atoms with Crippen molar-refractivity contribution in [2.24, 2.45) is 0 Å². The highest BCUT2D eigenvalue weighted by Crippen LogP contribution is 2.25. The minimum Gasteiger partial charge on any atom is -0.496 e. The van der Waals surface area contributed by atoms with Crippen LogP contribution in [0.5, 0.6) is 5.75 Å². The summed E-state index contributed by atoms with van der Waals surface area (Å²) in [4.78, 5) is 26.9. The summed E-state index contributed by atoms with van der Waals surface area (Å²) in [6.45, 7) is 7.60. The fourth-order valence-corrected chi connectivity index (χ4v) is 3.51. The van der Waals surface area contributed by atoms with Crippen LogP contribution in [0.1, 0.15) is 55.2 Å². The topological polar surface area (TPSA) is 64.4 Å². The second-order valence-corrected chi connectivity index (χ2v) is 7.89. The summed E-state index contributed by atoms with van der Waals surface area (Å²) in [5, 5.41) is 4.51. The van der Waals surface area contributed by atoms with Gasteiger partial charge in [-0.2, -0.15) is 5.10 Å². The molecule has 0 spiro atoms. The van der Waals surface area contributed by atoms with E-state index >= 15 is 0 Å². The van der Waals surface area contributed by atoms with Gasteiger partial charge in [0.15, 0.2) is 5.78 Å². The van der Waals surface area contributed by atoms with Gasteiger partial charge in [0.1, 0.15) is 5.75 Å². The molecule has 0 bridgehead atoms. The van der Waals surface area contributed by atoms with Gasteiger partial charge in [-0.3, -0.25) is 14.3 Å². The zero-order chi connectivity index (χ0) is 19.6. The van der Waals surface area contributed by atoms with Crippen molar-refractivity contribution in [3.8, 4) is 5.75 Å². The molecule has 0 radical (unpaired) electrons. The first-order valence-corrected chi connectivity index (χ1v) is 9.31. The number of ether oxygens (including phenoxy) is 1. The van der Waals surface area contributed by atoms with Crippen molar-refractivity contribution in [1.29, 1.82) is 0 Å². The van der Waals surface area contributed by atoms with Crippen molar-refractivity contribution >= 4 is 11.7 Å². The first-order chi connectivity index (χ1) is 12.8. The smallest absolute Gasteiger partial charge is 0.223 e. The molecule has 0 unspecified atom stereocenters. The molecule has 0 saturated carbocycles. The third-order valence-corrected chi connectivity index (χ3v) is 4.90. The highest BCUT2D eigenvalue weighted by Gasteiger charge is 2.27. The lowest BCUT2D eigenvalue weighted by Crippen LogP contribution is -2.37. The Hall–Kier alpha value is -2.63. The number of carbonyl (C=O) groups excluding carboxylic acids is 2. The molecule has 1 aromatic carbocycles. The maximum Gasteiger partial charge on any atom is 0.223 e. The number of methoxy groups -OCH3 is 1. The Morgan fingerprint density at radius 3 is 2.63 bits per heavy atom. The molecule has 1 aliphatic rings. The number of carbonyl (C=O) groups is 2. The van der Waals surface area contributed by atoms with Crippen LogP contribution in [0.25, 0.3) is 0 Å². The molecule has 2 aromatic rings. The molecular weight excluding hydrogens is 342 g/mol. The van der Waals surface area contributed by atoms with Crippen LogP contribution in [0, 0.1) is 0 Å². The van der Waals surface area contributed by atoms with Gasteiger partial charge in [0.2, 0.25) is 5.91 Å². The number of ketones is 1. The van der Waals surface area contributed by atoms with E-state index in [2.05, 4.69) is 30.6 Å². The van der Waals surface area contributed by atoms with E-state index in [4.69, 9.17) is 4.74 Å². The van der Waals surface area contributed by atoms with Crippen molar-refractivity contribution < 1.29 is 14.3 Å². The number of Topliss-reactive ketones (excluding diaryl/α,β-unsaturated/α-hetero) is 1. The van der Waals surface area contributed by atoms with E-state index < -0.39 is 0 Å². The fourth-order valence-electron chi connectivity index (χ4n) is 3.51. The largest absolute Gasteiger partial charge is 0.496 e. The number of amides is 1. The summed E-state index contributed by atoms with van der Waals surface area (Å²) in [5.74, 6) is 0.485. The van der Waals surface area contributed by atoms with Crippen LogP contribution in [0.4, 0.5) is 0 Å². The van der Waals surface area contributed by atoms with E-state index in [9.17, 15) is 9.59 Å². The summed E-state index contributed by atoms with van der Waals surface area (Å²) in [7, 11) is 1.54. The van der Waals surface area contributed by atoms with Gasteiger partial charge in [-0.15, -0.1) is 0 Å². The summed E-state index contributed by atoms with van der Waals surface area (Å²) in [6.07, 6.45) is 3.04. The molecule has 1 aliphatic heterocycles. The zero-order valence-corrected chi connectivity index (χ0v) is 16.5. The highest BCUT2D eigenvalue weighted by atomic mass is 16.5. The molecule has 144 valence electrons. The standard InChI is InChI=1S/C21H27N3O3/c1-21(2,3)24-17-11-12-23(14-15(17)13-22-24)20(26)10-9-18(25)16-7-5-6-8-19(16)27-4/h5-8,13H,9-12,14H2,1-4H3. The Bertz CT molecular complexity index is 849. The number of hydrogen-bond donors (Lipinski definition) is 0. The predicted octanol–water partition coefficient (Wildman–Crippen LogP) is 3.19. The lowest BCUT2D eigenvalue weighted by Gasteiger charge is -2.30. The molecule has 6 nitrogen and oxygen atoms in total. The van der Waals surface area contributed by atoms with Crippen LogP contribution in [0.2, 0.25) is 0 Å². The van der Waals surface area contributed by atoms with Gasteiger partial charge in [0.25, 0.3) is 0 Å². The van der Waals surface area contributed by atoms with Crippen LogP contribution in [0.15, 0.2) is 30.5 Å². The van der Waals surface area contributed by atoms with Gasteiger partial charge in [0, 0.05) is 43.6 Å². The van der Waals surface area contributed by atoms with Crippen LogP contribution in [-0.4, -0.2) is 40.0 Å². The highest BCUT2D eigenvalue weighted by molar-refractivity contribution is 6.00. The van der Waals surface area contributed by atoms with E-state index in [1.54, 1.807) is 25.3 Å². The molecule has 0 aliphatic carbocycles. The Morgan fingerprint density at radius 2 is 1.93 bits per heavy atom. The van der Waals surface area contributed by atoms with Gasteiger partial charge < -0.3 is 9.64 Å². The molecular formula is C21H27N3O3. The van der Waals surface area contributed by atoms with E-state index in [1.165, 1.54) is 5.69 Å². The molecule has 2 heterocycles. The summed E-state index contributed by atoms with van der Waals surface area (Å²) < 4.78 is 7.28. The minimum atomic E-state index is -0.0703. The van der Waals surface area contributed by atoms with E-state index in [-0.39, 0.29) is 30.1 Å².